The lowest BCUT2D eigenvalue weighted by atomic mass is 9.81. The summed E-state index contributed by atoms with van der Waals surface area (Å²) in [6.07, 6.45) is -1.54. The Bertz CT molecular complexity index is 1260. The number of benzene rings is 2. The van der Waals surface area contributed by atoms with Crippen LogP contribution in [0.1, 0.15) is 47.3 Å². The largest absolute Gasteiger partial charge is 0.495 e. The van der Waals surface area contributed by atoms with E-state index in [9.17, 15) is 22.4 Å². The van der Waals surface area contributed by atoms with E-state index in [1.807, 2.05) is 0 Å². The second-order valence-corrected chi connectivity index (χ2v) is 9.47. The van der Waals surface area contributed by atoms with Crippen LogP contribution in [0.25, 0.3) is 10.9 Å². The average molecular weight is 529 g/mol. The molecule has 0 atom stereocenters. The van der Waals surface area contributed by atoms with Gasteiger partial charge in [0.2, 0.25) is 0 Å². The van der Waals surface area contributed by atoms with E-state index in [4.69, 9.17) is 27.9 Å². The monoisotopic (exact) mass is 528 g/mol. The third-order valence-electron chi connectivity index (χ3n) is 6.34. The van der Waals surface area contributed by atoms with Gasteiger partial charge in [-0.2, -0.15) is 13.2 Å². The fraction of sp³-hybridized carbons (Fsp3) is 0.360. The van der Waals surface area contributed by atoms with Crippen molar-refractivity contribution in [2.45, 2.75) is 44.3 Å². The number of halogens is 6. The van der Waals surface area contributed by atoms with Gasteiger partial charge >= 0.3 is 6.18 Å². The topological polar surface area (TPSA) is 51.2 Å². The van der Waals surface area contributed by atoms with Crippen molar-refractivity contribution in [3.05, 3.63) is 69.1 Å². The van der Waals surface area contributed by atoms with Gasteiger partial charge in [-0.05, 0) is 80.0 Å². The van der Waals surface area contributed by atoms with Crippen LogP contribution in [0, 0.1) is 11.7 Å². The number of rotatable bonds is 5. The molecule has 1 saturated carbocycles. The van der Waals surface area contributed by atoms with Crippen LogP contribution in [0.4, 0.5) is 17.6 Å². The molecule has 35 heavy (non-hydrogen) atoms. The molecular formula is C25H22Cl2F4N2O2. The number of fused-ring (bicyclic) bond motifs is 1. The van der Waals surface area contributed by atoms with Crippen molar-refractivity contribution in [2.24, 2.45) is 5.92 Å². The second-order valence-electron chi connectivity index (χ2n) is 8.66. The summed E-state index contributed by atoms with van der Waals surface area (Å²) >= 11 is 12.2. The molecule has 0 radical (unpaired) electrons. The van der Waals surface area contributed by atoms with Crippen LogP contribution in [-0.2, 0) is 12.6 Å². The van der Waals surface area contributed by atoms with Gasteiger partial charge in [0.1, 0.15) is 17.3 Å². The zero-order valence-electron chi connectivity index (χ0n) is 18.7. The van der Waals surface area contributed by atoms with Crippen LogP contribution in [0.2, 0.25) is 10.0 Å². The van der Waals surface area contributed by atoms with Gasteiger partial charge < -0.3 is 10.1 Å². The molecule has 0 spiro atoms. The molecule has 1 heterocycles. The van der Waals surface area contributed by atoms with Crippen LogP contribution in [0.3, 0.4) is 0 Å². The van der Waals surface area contributed by atoms with E-state index in [0.29, 0.717) is 48.1 Å². The summed E-state index contributed by atoms with van der Waals surface area (Å²) < 4.78 is 59.5. The first kappa shape index (κ1) is 25.5. The summed E-state index contributed by atoms with van der Waals surface area (Å²) in [6.45, 7) is 0. The predicted octanol–water partition coefficient (Wildman–Crippen LogP) is 7.24. The molecule has 1 N–H and O–H groups in total. The number of alkyl halides is 3. The van der Waals surface area contributed by atoms with Crippen molar-refractivity contribution in [3.8, 4) is 5.75 Å². The highest BCUT2D eigenvalue weighted by Crippen LogP contribution is 2.35. The number of amides is 1. The van der Waals surface area contributed by atoms with Gasteiger partial charge in [0.05, 0.1) is 23.2 Å². The lowest BCUT2D eigenvalue weighted by Crippen LogP contribution is -2.38. The van der Waals surface area contributed by atoms with Gasteiger partial charge in [-0.25, -0.2) is 9.37 Å². The Kier molecular flexibility index (Phi) is 7.43. The van der Waals surface area contributed by atoms with Crippen molar-refractivity contribution in [2.75, 3.05) is 7.11 Å². The summed E-state index contributed by atoms with van der Waals surface area (Å²) in [6, 6.07) is 8.02. The standard InChI is InChI=1S/C25H22Cl2F4N2O2/c1-35-20-9-7-18(28)22(23(20)27)24(34)32-16-5-2-13(3-6-16)10-14-11-21(25(29,30)31)33-19-8-4-15(26)12-17(14)19/h4,7-9,11-13,16H,2-3,5-6,10H2,1H3,(H,32,34). The number of ether oxygens (including phenoxy) is 1. The minimum Gasteiger partial charge on any atom is -0.495 e. The molecule has 1 amide bonds. The molecule has 0 aliphatic heterocycles. The fourth-order valence-corrected chi connectivity index (χ4v) is 5.05. The highest BCUT2D eigenvalue weighted by Gasteiger charge is 2.34. The molecule has 4 nitrogen and oxygen atoms in total. The van der Waals surface area contributed by atoms with E-state index in [1.54, 1.807) is 6.07 Å². The Morgan fingerprint density at radius 1 is 1.11 bits per heavy atom. The minimum atomic E-state index is -4.55. The summed E-state index contributed by atoms with van der Waals surface area (Å²) in [4.78, 5) is 16.4. The van der Waals surface area contributed by atoms with E-state index in [2.05, 4.69) is 10.3 Å². The minimum absolute atomic E-state index is 0.0950. The number of aromatic nitrogens is 1. The van der Waals surface area contributed by atoms with E-state index >= 15 is 0 Å². The molecule has 2 aromatic carbocycles. The quantitative estimate of drug-likeness (QED) is 0.355. The maximum Gasteiger partial charge on any atom is 0.433 e. The van der Waals surface area contributed by atoms with Crippen LogP contribution < -0.4 is 10.1 Å². The molecule has 0 saturated heterocycles. The molecule has 186 valence electrons. The van der Waals surface area contributed by atoms with Crippen molar-refractivity contribution < 1.29 is 27.1 Å². The van der Waals surface area contributed by atoms with Crippen molar-refractivity contribution in [1.29, 1.82) is 0 Å². The van der Waals surface area contributed by atoms with Crippen LogP contribution >= 0.6 is 23.2 Å². The number of pyridine rings is 1. The summed E-state index contributed by atoms with van der Waals surface area (Å²) in [7, 11) is 1.37. The normalized spacial score (nSPS) is 18.5. The highest BCUT2D eigenvalue weighted by molar-refractivity contribution is 6.35. The van der Waals surface area contributed by atoms with Gasteiger partial charge in [-0.1, -0.05) is 23.2 Å². The maximum absolute atomic E-state index is 14.3. The van der Waals surface area contributed by atoms with Crippen molar-refractivity contribution >= 4 is 40.0 Å². The Morgan fingerprint density at radius 3 is 2.49 bits per heavy atom. The molecule has 1 fully saturated rings. The summed E-state index contributed by atoms with van der Waals surface area (Å²) in [5.41, 5.74) is -0.409. The molecule has 1 aliphatic rings. The lowest BCUT2D eigenvalue weighted by Gasteiger charge is -2.29. The molecule has 4 rings (SSSR count). The maximum atomic E-state index is 14.3. The van der Waals surface area contributed by atoms with Crippen LogP contribution in [0.5, 0.6) is 5.75 Å². The Balaban J connectivity index is 1.46. The zero-order valence-corrected chi connectivity index (χ0v) is 20.2. The highest BCUT2D eigenvalue weighted by atomic mass is 35.5. The van der Waals surface area contributed by atoms with E-state index in [-0.39, 0.29) is 33.8 Å². The predicted molar refractivity (Wildman–Crippen MR) is 127 cm³/mol. The fourth-order valence-electron chi connectivity index (χ4n) is 4.56. The Labute approximate surface area is 209 Å². The zero-order chi connectivity index (χ0) is 25.3. The van der Waals surface area contributed by atoms with Crippen LogP contribution in [0.15, 0.2) is 36.4 Å². The number of hydrogen-bond donors (Lipinski definition) is 1. The van der Waals surface area contributed by atoms with Gasteiger partial charge in [-0.3, -0.25) is 4.79 Å². The first-order valence-corrected chi connectivity index (χ1v) is 11.8. The molecule has 10 heteroatoms. The second kappa shape index (κ2) is 10.2. The van der Waals surface area contributed by atoms with E-state index in [0.717, 1.165) is 12.1 Å². The molecular weight excluding hydrogens is 507 g/mol. The number of methoxy groups -OCH3 is 1. The summed E-state index contributed by atoms with van der Waals surface area (Å²) in [5.74, 6) is -1.05. The van der Waals surface area contributed by atoms with E-state index in [1.165, 1.54) is 25.3 Å². The molecule has 1 aliphatic carbocycles. The smallest absolute Gasteiger partial charge is 0.433 e. The number of nitrogens with one attached hydrogen (secondary N) is 1. The summed E-state index contributed by atoms with van der Waals surface area (Å²) in [5, 5.41) is 3.76. The lowest BCUT2D eigenvalue weighted by molar-refractivity contribution is -0.141. The van der Waals surface area contributed by atoms with Gasteiger partial charge in [0.25, 0.3) is 5.91 Å². The third kappa shape index (κ3) is 5.64. The van der Waals surface area contributed by atoms with E-state index < -0.39 is 23.6 Å². The van der Waals surface area contributed by atoms with Crippen molar-refractivity contribution in [1.82, 2.24) is 10.3 Å². The average Bonchev–Trinajstić information content (AvgIpc) is 2.80. The Morgan fingerprint density at radius 2 is 1.83 bits per heavy atom. The molecule has 0 unspecified atom stereocenters. The molecule has 3 aromatic rings. The number of nitrogens with zero attached hydrogens (tertiary/aromatic N) is 1. The first-order chi connectivity index (χ1) is 16.6. The van der Waals surface area contributed by atoms with Gasteiger partial charge in [0.15, 0.2) is 0 Å². The third-order valence-corrected chi connectivity index (χ3v) is 6.95. The number of carbonyl (C=O) groups excluding carboxylic acids is 1. The SMILES string of the molecule is COc1ccc(F)c(C(=O)NC2CCC(Cc3cc(C(F)(F)F)nc4ccc(Cl)cc34)CC2)c1Cl. The van der Waals surface area contributed by atoms with Crippen LogP contribution in [-0.4, -0.2) is 24.0 Å². The molecule has 1 aromatic heterocycles. The number of hydrogen-bond acceptors (Lipinski definition) is 3. The van der Waals surface area contributed by atoms with Gasteiger partial charge in [0, 0.05) is 16.5 Å². The Hall–Kier alpha value is -2.58. The molecule has 0 bridgehead atoms. The number of carbonyl (C=O) groups is 1. The van der Waals surface area contributed by atoms with Crippen molar-refractivity contribution in [3.63, 3.8) is 0 Å². The van der Waals surface area contributed by atoms with Gasteiger partial charge in [-0.15, -0.1) is 0 Å². The first-order valence-electron chi connectivity index (χ1n) is 11.1.